The van der Waals surface area contributed by atoms with Gasteiger partial charge in [-0.25, -0.2) is 0 Å². The van der Waals surface area contributed by atoms with Crippen molar-refractivity contribution >= 4 is 65.8 Å². The van der Waals surface area contributed by atoms with Crippen molar-refractivity contribution in [1.82, 2.24) is 15.1 Å². The normalized spacial score (nSPS) is 16.4. The molecule has 370 valence electrons. The van der Waals surface area contributed by atoms with E-state index in [-0.39, 0.29) is 16.3 Å². The van der Waals surface area contributed by atoms with Crippen LogP contribution >= 0.6 is 18.9 Å². The van der Waals surface area contributed by atoms with E-state index in [9.17, 15) is 41.7 Å². The third-order valence-corrected chi connectivity index (χ3v) is 13.1. The van der Waals surface area contributed by atoms with Gasteiger partial charge in [-0.2, -0.15) is 22.0 Å². The third kappa shape index (κ3) is 19.9. The summed E-state index contributed by atoms with van der Waals surface area (Å²) < 4.78 is 99.4. The molecule has 22 heteroatoms. The molecule has 0 radical (unpaired) electrons. The van der Waals surface area contributed by atoms with Gasteiger partial charge in [0.1, 0.15) is 13.1 Å². The fourth-order valence-electron chi connectivity index (χ4n) is 6.12. The summed E-state index contributed by atoms with van der Waals surface area (Å²) in [5.41, 5.74) is -1.71. The largest absolute Gasteiger partial charge is 0.438 e. The van der Waals surface area contributed by atoms with E-state index < -0.39 is 86.0 Å². The summed E-state index contributed by atoms with van der Waals surface area (Å²) in [7, 11) is -1.43. The fourth-order valence-corrected chi connectivity index (χ4v) is 8.25. The first-order valence-corrected chi connectivity index (χ1v) is 23.3. The molecule has 2 aromatic rings. The van der Waals surface area contributed by atoms with Crippen LogP contribution in [0.2, 0.25) is 0 Å². The molecule has 0 bridgehead atoms. The zero-order chi connectivity index (χ0) is 50.0. The highest BCUT2D eigenvalue weighted by atomic mass is 32.1. The topological polar surface area (TPSA) is 201 Å². The number of primary amides is 1. The molecule has 2 aliphatic heterocycles. The van der Waals surface area contributed by atoms with Gasteiger partial charge < -0.3 is 39.9 Å². The summed E-state index contributed by atoms with van der Waals surface area (Å²) in [5, 5.41) is 3.20. The van der Waals surface area contributed by atoms with Gasteiger partial charge in [0.05, 0.1) is 22.1 Å². The molecule has 4 rings (SSSR count). The monoisotopic (exact) mass is 972 g/mol. The molecule has 3 N–H and O–H groups in total. The number of fused-ring (bicyclic) bond motifs is 1. The van der Waals surface area contributed by atoms with Gasteiger partial charge in [0.15, 0.2) is 0 Å². The zero-order valence-electron chi connectivity index (χ0n) is 38.7. The number of unbranched alkanes of at least 4 members (excludes halogenated alkanes) is 1. The van der Waals surface area contributed by atoms with E-state index in [0.717, 1.165) is 54.6 Å². The number of thiophene rings is 1. The van der Waals surface area contributed by atoms with Crippen molar-refractivity contribution < 1.29 is 73.8 Å². The van der Waals surface area contributed by atoms with Crippen LogP contribution in [0.5, 0.6) is 0 Å². The number of benzene rings is 1. The maximum atomic E-state index is 15.5. The molecule has 1 aromatic heterocycles. The minimum Gasteiger partial charge on any atom is -0.438 e. The van der Waals surface area contributed by atoms with Crippen molar-refractivity contribution in [2.45, 2.75) is 124 Å². The summed E-state index contributed by atoms with van der Waals surface area (Å²) in [5.74, 6) is -1.93. The van der Waals surface area contributed by atoms with Crippen LogP contribution in [0.15, 0.2) is 24.3 Å². The lowest BCUT2D eigenvalue weighted by molar-refractivity contribution is -0.163. The Morgan fingerprint density at radius 3 is 1.97 bits per heavy atom. The molecule has 65 heavy (non-hydrogen) atoms. The Kier molecular flexibility index (Phi) is 24.1. The van der Waals surface area contributed by atoms with Crippen molar-refractivity contribution in [1.29, 1.82) is 0 Å². The first-order valence-electron chi connectivity index (χ1n) is 20.9. The molecule has 15 nitrogen and oxygen atoms in total. The van der Waals surface area contributed by atoms with E-state index in [1.807, 2.05) is 6.79 Å². The van der Waals surface area contributed by atoms with Crippen LogP contribution in [0.3, 0.4) is 0 Å². The van der Waals surface area contributed by atoms with Gasteiger partial charge >= 0.3 is 31.4 Å². The molecule has 2 saturated heterocycles. The van der Waals surface area contributed by atoms with Crippen LogP contribution in [0.1, 0.15) is 115 Å². The molecular weight excluding hydrogens is 907 g/mol. The lowest BCUT2D eigenvalue weighted by atomic mass is 9.95. The summed E-state index contributed by atoms with van der Waals surface area (Å²) in [6.45, 7) is 13.6. The number of alkyl halides is 5. The lowest BCUT2D eigenvalue weighted by Gasteiger charge is -2.39. The van der Waals surface area contributed by atoms with Gasteiger partial charge in [-0.05, 0) is 117 Å². The summed E-state index contributed by atoms with van der Waals surface area (Å²) in [6, 6.07) is 5.68. The second-order valence-corrected chi connectivity index (χ2v) is 20.9. The quantitative estimate of drug-likeness (QED) is 0.0361. The Hall–Kier alpha value is -3.88. The predicted octanol–water partition coefficient (Wildman–Crippen LogP) is 8.42. The Bertz CT molecular complexity index is 1860. The maximum absolute atomic E-state index is 15.5. The summed E-state index contributed by atoms with van der Waals surface area (Å²) in [6.07, 6.45) is 2.42. The number of likely N-dealkylation sites (tertiary alicyclic amines) is 2. The first-order chi connectivity index (χ1) is 30.0. The molecule has 2 atom stereocenters. The number of esters is 2. The number of carbonyl (C=O) groups excluding carboxylic acids is 6. The lowest BCUT2D eigenvalue weighted by Crippen LogP contribution is -2.58. The van der Waals surface area contributed by atoms with E-state index in [1.54, 1.807) is 7.05 Å². The minimum atomic E-state index is -5.43. The smallest absolute Gasteiger partial charge is 0.410 e. The Labute approximate surface area is 382 Å². The molecule has 1 aromatic carbocycles. The van der Waals surface area contributed by atoms with Gasteiger partial charge in [-0.1, -0.05) is 19.4 Å². The highest BCUT2D eigenvalue weighted by Crippen LogP contribution is 2.67. The number of nitrogens with zero attached hydrogens (tertiary/aromatic N) is 2. The fraction of sp³-hybridized carbons (Fsp3) is 0.674. The van der Waals surface area contributed by atoms with Crippen LogP contribution in [0, 0.1) is 16.7 Å². The Morgan fingerprint density at radius 2 is 1.52 bits per heavy atom. The van der Waals surface area contributed by atoms with Crippen molar-refractivity contribution in [2.24, 2.45) is 22.5 Å². The molecule has 0 spiro atoms. The molecule has 2 amide bonds. The second kappa shape index (κ2) is 26.5. The van der Waals surface area contributed by atoms with Gasteiger partial charge in [0.2, 0.25) is 19.5 Å². The molecule has 0 aliphatic carbocycles. The third-order valence-electron chi connectivity index (χ3n) is 10.1. The van der Waals surface area contributed by atoms with Gasteiger partial charge in [0.25, 0.3) is 5.91 Å². The van der Waals surface area contributed by atoms with Crippen LogP contribution in [0.4, 0.5) is 22.0 Å². The number of aldehydes is 1. The van der Waals surface area contributed by atoms with Gasteiger partial charge in [-0.15, -0.1) is 11.3 Å². The van der Waals surface area contributed by atoms with Crippen molar-refractivity contribution in [3.63, 3.8) is 0 Å². The van der Waals surface area contributed by atoms with Gasteiger partial charge in [-0.3, -0.25) is 32.8 Å². The van der Waals surface area contributed by atoms with Crippen LogP contribution in [-0.4, -0.2) is 112 Å². The predicted molar refractivity (Wildman–Crippen MR) is 236 cm³/mol. The minimum absolute atomic E-state index is 0.152. The van der Waals surface area contributed by atoms with E-state index >= 15 is 8.78 Å². The highest BCUT2D eigenvalue weighted by molar-refractivity contribution is 7.54. The number of likely N-dealkylation sites (N-methyl/N-ethyl adjacent to an activating group) is 1. The first kappa shape index (κ1) is 59.1. The molecule has 2 fully saturated rings. The number of hydrogen-bond donors (Lipinski definition) is 2. The van der Waals surface area contributed by atoms with Crippen molar-refractivity contribution in [2.75, 3.05) is 47.3 Å². The number of rotatable bonds is 18. The van der Waals surface area contributed by atoms with E-state index in [4.69, 9.17) is 29.0 Å². The SMILES string of the molecule is C=O.CC(C)(C)C(=O)OCOP(=O)(OCOC(=O)C(C)(C)C)C(F)(F)c1ccc2sc(C(N)=O)cc2c1.CNC1CN(C(=O)CCC(F)(F)F)C1.C[C@H](CCCC=O)C[C@H]1CCCN1C. The second-order valence-electron chi connectivity index (χ2n) is 17.7. The highest BCUT2D eigenvalue weighted by Gasteiger charge is 2.56. The molecule has 0 saturated carbocycles. The zero-order valence-corrected chi connectivity index (χ0v) is 40.4. The molecular formula is C43H66F5N4O11PS. The summed E-state index contributed by atoms with van der Waals surface area (Å²) in [4.78, 5) is 68.7. The number of halogens is 5. The van der Waals surface area contributed by atoms with Crippen LogP contribution in [-0.2, 0) is 52.7 Å². The number of carbonyl (C=O) groups is 6. The van der Waals surface area contributed by atoms with E-state index in [1.165, 1.54) is 90.8 Å². The van der Waals surface area contributed by atoms with E-state index in [2.05, 4.69) is 24.2 Å². The van der Waals surface area contributed by atoms with Crippen molar-refractivity contribution in [3.05, 3.63) is 34.7 Å². The molecule has 0 unspecified atom stereocenters. The standard InChI is InChI=1S/C22H28F2NO8PS.C12H23NO.C8H13F3N2O.CH2O/c1-20(2,3)18(27)30-11-32-34(29,33-12-31-19(28)21(4,5)6)22(23,24)14-7-8-15-13(9-14)10-16(35-15)17(25)26;1-11(6-3-4-9-14)10-12-7-5-8-13(12)2;1-12-6-4-13(5-6)7(14)2-3-8(9,10)11;1-2/h7-10H,11-12H2,1-6H3,(H2,25,26);9,11-12H,3-8,10H2,1-2H3;6,12H,2-5H2,1H3;1H2/t;11-,12-;;/m.1../s1. The number of hydrogen-bond acceptors (Lipinski definition) is 14. The number of ether oxygens (including phenoxy) is 2. The van der Waals surface area contributed by atoms with Gasteiger partial charge in [0, 0.05) is 48.3 Å². The maximum Gasteiger partial charge on any atom is 0.410 e. The van der Waals surface area contributed by atoms with Crippen LogP contribution < -0.4 is 11.1 Å². The average molecular weight is 973 g/mol. The van der Waals surface area contributed by atoms with Crippen LogP contribution in [0.25, 0.3) is 10.1 Å². The number of amides is 2. The van der Waals surface area contributed by atoms with Crippen molar-refractivity contribution in [3.8, 4) is 0 Å². The Balaban J connectivity index is 0.000000574. The molecule has 2 aliphatic rings. The Morgan fingerprint density at radius 1 is 0.969 bits per heavy atom. The average Bonchev–Trinajstić information content (AvgIpc) is 3.82. The van der Waals surface area contributed by atoms with E-state index in [0.29, 0.717) is 17.8 Å². The summed E-state index contributed by atoms with van der Waals surface area (Å²) >= 11 is 1.00. The molecule has 3 heterocycles. The number of nitrogens with two attached hydrogens (primary N) is 1. The number of nitrogens with one attached hydrogen (secondary N) is 1.